The van der Waals surface area contributed by atoms with Crippen LogP contribution < -0.4 is 5.73 Å². The van der Waals surface area contributed by atoms with E-state index >= 15 is 0 Å². The molecule has 62 valence electrons. The van der Waals surface area contributed by atoms with Crippen molar-refractivity contribution >= 4 is 17.4 Å². The standard InChI is InChI=1S/C9H10N2S/c1-7-2-3-9(11)4-8(7)5-12-6-10/h2-4H,5,11H2,1H3. The molecule has 1 rings (SSSR count). The Morgan fingerprint density at radius 3 is 3.00 bits per heavy atom. The molecule has 0 unspecified atom stereocenters. The van der Waals surface area contributed by atoms with Gasteiger partial charge < -0.3 is 5.73 Å². The fourth-order valence-corrected chi connectivity index (χ4v) is 1.49. The molecular formula is C9H10N2S. The summed E-state index contributed by atoms with van der Waals surface area (Å²) >= 11 is 1.23. The van der Waals surface area contributed by atoms with Crippen molar-refractivity contribution in [1.29, 1.82) is 5.26 Å². The lowest BCUT2D eigenvalue weighted by Gasteiger charge is -2.03. The third kappa shape index (κ3) is 2.18. The third-order valence-electron chi connectivity index (χ3n) is 1.67. The summed E-state index contributed by atoms with van der Waals surface area (Å²) in [6, 6.07) is 5.76. The molecule has 0 radical (unpaired) electrons. The molecule has 0 saturated carbocycles. The molecule has 0 amide bonds. The second-order valence-corrected chi connectivity index (χ2v) is 3.33. The minimum absolute atomic E-state index is 0.716. The van der Waals surface area contributed by atoms with Gasteiger partial charge in [0.15, 0.2) is 0 Å². The van der Waals surface area contributed by atoms with E-state index in [0.717, 1.165) is 11.3 Å². The van der Waals surface area contributed by atoms with Crippen molar-refractivity contribution < 1.29 is 0 Å². The van der Waals surface area contributed by atoms with Crippen LogP contribution >= 0.6 is 11.8 Å². The normalized spacial score (nSPS) is 9.33. The average molecular weight is 178 g/mol. The third-order valence-corrected chi connectivity index (χ3v) is 2.25. The van der Waals surface area contributed by atoms with E-state index in [2.05, 4.69) is 0 Å². The highest BCUT2D eigenvalue weighted by molar-refractivity contribution is 8.02. The maximum absolute atomic E-state index is 8.37. The van der Waals surface area contributed by atoms with Gasteiger partial charge in [-0.15, -0.1) is 0 Å². The highest BCUT2D eigenvalue weighted by Gasteiger charge is 1.98. The number of anilines is 1. The molecule has 0 aliphatic heterocycles. The van der Waals surface area contributed by atoms with E-state index in [0.29, 0.717) is 5.75 Å². The smallest absolute Gasteiger partial charge is 0.133 e. The van der Waals surface area contributed by atoms with Gasteiger partial charge in [0.1, 0.15) is 5.40 Å². The lowest BCUT2D eigenvalue weighted by Crippen LogP contribution is -1.90. The number of thiocyanates is 1. The van der Waals surface area contributed by atoms with Crippen molar-refractivity contribution in [2.45, 2.75) is 12.7 Å². The summed E-state index contributed by atoms with van der Waals surface area (Å²) in [6.45, 7) is 2.02. The number of rotatable bonds is 2. The minimum Gasteiger partial charge on any atom is -0.399 e. The summed E-state index contributed by atoms with van der Waals surface area (Å²) in [6.07, 6.45) is 0. The number of thioether (sulfide) groups is 1. The first kappa shape index (κ1) is 8.95. The highest BCUT2D eigenvalue weighted by Crippen LogP contribution is 2.17. The van der Waals surface area contributed by atoms with Crippen LogP contribution in [0.4, 0.5) is 5.69 Å². The maximum Gasteiger partial charge on any atom is 0.133 e. The lowest BCUT2D eigenvalue weighted by atomic mass is 10.1. The molecule has 0 spiro atoms. The zero-order chi connectivity index (χ0) is 8.97. The molecule has 1 aromatic rings. The quantitative estimate of drug-likeness (QED) is 0.558. The highest BCUT2D eigenvalue weighted by atomic mass is 32.2. The van der Waals surface area contributed by atoms with Gasteiger partial charge >= 0.3 is 0 Å². The molecule has 0 aromatic heterocycles. The first-order valence-electron chi connectivity index (χ1n) is 3.60. The van der Waals surface area contributed by atoms with Crippen LogP contribution in [-0.4, -0.2) is 0 Å². The van der Waals surface area contributed by atoms with Gasteiger partial charge in [-0.2, -0.15) is 5.26 Å². The van der Waals surface area contributed by atoms with E-state index < -0.39 is 0 Å². The number of aryl methyl sites for hydroxylation is 1. The zero-order valence-electron chi connectivity index (χ0n) is 6.87. The van der Waals surface area contributed by atoms with Gasteiger partial charge in [-0.05, 0) is 41.9 Å². The van der Waals surface area contributed by atoms with Crippen LogP contribution in [-0.2, 0) is 5.75 Å². The van der Waals surface area contributed by atoms with Gasteiger partial charge in [-0.25, -0.2) is 0 Å². The Bertz CT molecular complexity index is 315. The fourth-order valence-electron chi connectivity index (χ4n) is 0.957. The van der Waals surface area contributed by atoms with E-state index in [1.807, 2.05) is 30.5 Å². The van der Waals surface area contributed by atoms with Crippen LogP contribution in [0.2, 0.25) is 0 Å². The number of nitrogens with zero attached hydrogens (tertiary/aromatic N) is 1. The fraction of sp³-hybridized carbons (Fsp3) is 0.222. The maximum atomic E-state index is 8.37. The molecule has 0 atom stereocenters. The van der Waals surface area contributed by atoms with E-state index in [1.165, 1.54) is 17.3 Å². The van der Waals surface area contributed by atoms with Gasteiger partial charge in [0.25, 0.3) is 0 Å². The van der Waals surface area contributed by atoms with E-state index in [1.54, 1.807) is 0 Å². The lowest BCUT2D eigenvalue weighted by molar-refractivity contribution is 1.31. The molecular weight excluding hydrogens is 168 g/mol. The molecule has 0 saturated heterocycles. The summed E-state index contributed by atoms with van der Waals surface area (Å²) in [5, 5.41) is 10.4. The van der Waals surface area contributed by atoms with Gasteiger partial charge in [-0.1, -0.05) is 6.07 Å². The van der Waals surface area contributed by atoms with Crippen LogP contribution in [0, 0.1) is 17.6 Å². The number of nitriles is 1. The first-order chi connectivity index (χ1) is 5.74. The van der Waals surface area contributed by atoms with Crippen molar-refractivity contribution in [2.24, 2.45) is 0 Å². The van der Waals surface area contributed by atoms with Gasteiger partial charge in [0.05, 0.1) is 0 Å². The SMILES string of the molecule is Cc1ccc(N)cc1CSC#N. The Labute approximate surface area is 76.4 Å². The van der Waals surface area contributed by atoms with E-state index in [9.17, 15) is 0 Å². The summed E-state index contributed by atoms with van der Waals surface area (Å²) in [4.78, 5) is 0. The molecule has 3 heteroatoms. The van der Waals surface area contributed by atoms with Crippen molar-refractivity contribution in [3.05, 3.63) is 29.3 Å². The Hall–Kier alpha value is -1.14. The Kier molecular flexibility index (Phi) is 3.01. The summed E-state index contributed by atoms with van der Waals surface area (Å²) < 4.78 is 0. The van der Waals surface area contributed by atoms with Crippen LogP contribution in [0.25, 0.3) is 0 Å². The number of hydrogen-bond donors (Lipinski definition) is 1. The predicted molar refractivity (Wildman–Crippen MR) is 52.5 cm³/mol. The van der Waals surface area contributed by atoms with Crippen molar-refractivity contribution in [3.63, 3.8) is 0 Å². The largest absolute Gasteiger partial charge is 0.399 e. The minimum atomic E-state index is 0.716. The van der Waals surface area contributed by atoms with Crippen LogP contribution in [0.15, 0.2) is 18.2 Å². The van der Waals surface area contributed by atoms with Crippen LogP contribution in [0.3, 0.4) is 0 Å². The molecule has 0 fully saturated rings. The first-order valence-corrected chi connectivity index (χ1v) is 4.58. The van der Waals surface area contributed by atoms with Crippen LogP contribution in [0.5, 0.6) is 0 Å². The Morgan fingerprint density at radius 1 is 1.58 bits per heavy atom. The zero-order valence-corrected chi connectivity index (χ0v) is 7.69. The molecule has 0 bridgehead atoms. The molecule has 2 N–H and O–H groups in total. The molecule has 12 heavy (non-hydrogen) atoms. The monoisotopic (exact) mass is 178 g/mol. The van der Waals surface area contributed by atoms with Crippen molar-refractivity contribution in [1.82, 2.24) is 0 Å². The molecule has 0 aliphatic carbocycles. The van der Waals surface area contributed by atoms with Gasteiger partial charge in [0, 0.05) is 11.4 Å². The molecule has 2 nitrogen and oxygen atoms in total. The van der Waals surface area contributed by atoms with Crippen molar-refractivity contribution in [3.8, 4) is 5.40 Å². The average Bonchev–Trinajstić information content (AvgIpc) is 2.07. The van der Waals surface area contributed by atoms with E-state index in [4.69, 9.17) is 11.0 Å². The Morgan fingerprint density at radius 2 is 2.33 bits per heavy atom. The summed E-state index contributed by atoms with van der Waals surface area (Å²) in [7, 11) is 0. The predicted octanol–water partition coefficient (Wildman–Crippen LogP) is 2.29. The number of hydrogen-bond acceptors (Lipinski definition) is 3. The number of nitrogens with two attached hydrogens (primary N) is 1. The van der Waals surface area contributed by atoms with Gasteiger partial charge in [-0.3, -0.25) is 0 Å². The second-order valence-electron chi connectivity index (χ2n) is 2.57. The Balaban J connectivity index is 2.84. The molecule has 0 heterocycles. The van der Waals surface area contributed by atoms with Crippen LogP contribution in [0.1, 0.15) is 11.1 Å². The second kappa shape index (κ2) is 4.03. The summed E-state index contributed by atoms with van der Waals surface area (Å²) in [5.41, 5.74) is 8.69. The molecule has 0 aliphatic rings. The molecule has 1 aromatic carbocycles. The topological polar surface area (TPSA) is 49.8 Å². The number of benzene rings is 1. The summed E-state index contributed by atoms with van der Waals surface area (Å²) in [5.74, 6) is 0.716. The van der Waals surface area contributed by atoms with Gasteiger partial charge in [0.2, 0.25) is 0 Å². The van der Waals surface area contributed by atoms with Crippen molar-refractivity contribution in [2.75, 3.05) is 5.73 Å². The van der Waals surface area contributed by atoms with E-state index in [-0.39, 0.29) is 0 Å². The number of nitrogen functional groups attached to an aromatic ring is 1.